The summed E-state index contributed by atoms with van der Waals surface area (Å²) in [6, 6.07) is 4.11. The van der Waals surface area contributed by atoms with Crippen LogP contribution in [0.5, 0.6) is 5.88 Å². The van der Waals surface area contributed by atoms with Crippen molar-refractivity contribution in [2.45, 2.75) is 38.7 Å². The van der Waals surface area contributed by atoms with E-state index < -0.39 is 0 Å². The van der Waals surface area contributed by atoms with Gasteiger partial charge in [-0.1, -0.05) is 19.9 Å². The van der Waals surface area contributed by atoms with Gasteiger partial charge in [0.05, 0.1) is 0 Å². The molecule has 1 aliphatic rings. The van der Waals surface area contributed by atoms with Crippen molar-refractivity contribution in [3.8, 4) is 5.88 Å². The molecule has 1 aromatic heterocycles. The number of nitrogens with zero attached hydrogens (tertiary/aromatic N) is 2. The highest BCUT2D eigenvalue weighted by atomic mass is 16.5. The summed E-state index contributed by atoms with van der Waals surface area (Å²) in [4.78, 5) is 6.72. The maximum atomic E-state index is 5.90. The van der Waals surface area contributed by atoms with Gasteiger partial charge in [0.25, 0.3) is 0 Å². The molecule has 0 amide bonds. The minimum atomic E-state index is 0.337. The van der Waals surface area contributed by atoms with E-state index in [4.69, 9.17) is 4.74 Å². The zero-order chi connectivity index (χ0) is 12.3. The van der Waals surface area contributed by atoms with E-state index in [2.05, 4.69) is 36.8 Å². The van der Waals surface area contributed by atoms with Crippen LogP contribution in [-0.4, -0.2) is 36.1 Å². The van der Waals surface area contributed by atoms with Crippen LogP contribution in [0.1, 0.15) is 38.2 Å². The molecule has 0 unspecified atom stereocenters. The first-order valence-corrected chi connectivity index (χ1v) is 6.46. The van der Waals surface area contributed by atoms with Crippen molar-refractivity contribution in [2.75, 3.05) is 20.1 Å². The second-order valence-corrected chi connectivity index (χ2v) is 5.20. The second kappa shape index (κ2) is 5.50. The standard InChI is InChI=1S/C14H22N2O/c1-11(2)12-4-5-14(15-10-12)17-13-6-8-16(3)9-7-13/h4-5,10-11,13H,6-9H2,1-3H3. The van der Waals surface area contributed by atoms with Gasteiger partial charge in [-0.2, -0.15) is 0 Å². The molecule has 0 bridgehead atoms. The van der Waals surface area contributed by atoms with Gasteiger partial charge in [0, 0.05) is 25.4 Å². The molecule has 0 spiro atoms. The molecule has 0 aliphatic carbocycles. The van der Waals surface area contributed by atoms with Crippen LogP contribution in [-0.2, 0) is 0 Å². The van der Waals surface area contributed by atoms with Crippen molar-refractivity contribution in [1.82, 2.24) is 9.88 Å². The fraction of sp³-hybridized carbons (Fsp3) is 0.643. The number of pyridine rings is 1. The number of likely N-dealkylation sites (tertiary alicyclic amines) is 1. The monoisotopic (exact) mass is 234 g/mol. The van der Waals surface area contributed by atoms with Crippen LogP contribution in [0.2, 0.25) is 0 Å². The summed E-state index contributed by atoms with van der Waals surface area (Å²) >= 11 is 0. The number of aromatic nitrogens is 1. The molecule has 1 aliphatic heterocycles. The molecule has 0 saturated carbocycles. The Kier molecular flexibility index (Phi) is 4.00. The molecule has 2 heterocycles. The van der Waals surface area contributed by atoms with Crippen molar-refractivity contribution in [2.24, 2.45) is 0 Å². The topological polar surface area (TPSA) is 25.4 Å². The molecule has 17 heavy (non-hydrogen) atoms. The molecule has 94 valence electrons. The van der Waals surface area contributed by atoms with Gasteiger partial charge in [0.2, 0.25) is 5.88 Å². The van der Waals surface area contributed by atoms with Gasteiger partial charge in [0.1, 0.15) is 6.10 Å². The van der Waals surface area contributed by atoms with Crippen LogP contribution in [0.25, 0.3) is 0 Å². The molecular weight excluding hydrogens is 212 g/mol. The minimum absolute atomic E-state index is 0.337. The van der Waals surface area contributed by atoms with Crippen LogP contribution in [0.3, 0.4) is 0 Å². The SMILES string of the molecule is CC(C)c1ccc(OC2CCN(C)CC2)nc1. The average molecular weight is 234 g/mol. The first-order valence-electron chi connectivity index (χ1n) is 6.46. The Bertz CT molecular complexity index is 340. The predicted molar refractivity (Wildman–Crippen MR) is 69.5 cm³/mol. The highest BCUT2D eigenvalue weighted by Crippen LogP contribution is 2.19. The highest BCUT2D eigenvalue weighted by Gasteiger charge is 2.18. The molecular formula is C14H22N2O. The lowest BCUT2D eigenvalue weighted by atomic mass is 10.1. The summed E-state index contributed by atoms with van der Waals surface area (Å²) in [7, 11) is 2.16. The molecule has 0 aromatic carbocycles. The quantitative estimate of drug-likeness (QED) is 0.804. The van der Waals surface area contributed by atoms with Crippen LogP contribution in [0.15, 0.2) is 18.3 Å². The van der Waals surface area contributed by atoms with Crippen molar-refractivity contribution >= 4 is 0 Å². The van der Waals surface area contributed by atoms with E-state index in [1.165, 1.54) is 5.56 Å². The van der Waals surface area contributed by atoms with Gasteiger partial charge in [-0.3, -0.25) is 0 Å². The average Bonchev–Trinajstić information content (AvgIpc) is 2.33. The Morgan fingerprint density at radius 1 is 1.29 bits per heavy atom. The molecule has 1 aromatic rings. The van der Waals surface area contributed by atoms with Gasteiger partial charge in [-0.05, 0) is 31.4 Å². The summed E-state index contributed by atoms with van der Waals surface area (Å²) in [6.07, 6.45) is 4.46. The summed E-state index contributed by atoms with van der Waals surface area (Å²) < 4.78 is 5.90. The fourth-order valence-electron chi connectivity index (χ4n) is 2.08. The van der Waals surface area contributed by atoms with E-state index in [1.54, 1.807) is 0 Å². The van der Waals surface area contributed by atoms with E-state index in [9.17, 15) is 0 Å². The second-order valence-electron chi connectivity index (χ2n) is 5.20. The molecule has 1 fully saturated rings. The van der Waals surface area contributed by atoms with Crippen LogP contribution < -0.4 is 4.74 Å². The van der Waals surface area contributed by atoms with E-state index in [-0.39, 0.29) is 0 Å². The maximum Gasteiger partial charge on any atom is 0.213 e. The number of hydrogen-bond donors (Lipinski definition) is 0. The molecule has 0 atom stereocenters. The largest absolute Gasteiger partial charge is 0.474 e. The number of hydrogen-bond acceptors (Lipinski definition) is 3. The molecule has 0 radical (unpaired) electrons. The Balaban J connectivity index is 1.90. The van der Waals surface area contributed by atoms with Crippen molar-refractivity contribution in [3.63, 3.8) is 0 Å². The van der Waals surface area contributed by atoms with Crippen LogP contribution in [0, 0.1) is 0 Å². The first-order chi connectivity index (χ1) is 8.15. The van der Waals surface area contributed by atoms with E-state index in [0.29, 0.717) is 12.0 Å². The number of ether oxygens (including phenoxy) is 1. The number of piperidine rings is 1. The Labute approximate surface area is 104 Å². The Hall–Kier alpha value is -1.09. The summed E-state index contributed by atoms with van der Waals surface area (Å²) in [5, 5.41) is 0. The fourth-order valence-corrected chi connectivity index (χ4v) is 2.08. The van der Waals surface area contributed by atoms with E-state index >= 15 is 0 Å². The maximum absolute atomic E-state index is 5.90. The normalized spacial score (nSPS) is 18.6. The molecule has 3 nitrogen and oxygen atoms in total. The third-order valence-corrected chi connectivity index (χ3v) is 3.38. The summed E-state index contributed by atoms with van der Waals surface area (Å²) in [5.74, 6) is 1.30. The molecule has 3 heteroatoms. The molecule has 0 N–H and O–H groups in total. The van der Waals surface area contributed by atoms with Gasteiger partial charge in [0.15, 0.2) is 0 Å². The lowest BCUT2D eigenvalue weighted by Crippen LogP contribution is -2.35. The van der Waals surface area contributed by atoms with E-state index in [0.717, 1.165) is 31.8 Å². The van der Waals surface area contributed by atoms with Crippen LogP contribution in [0.4, 0.5) is 0 Å². The van der Waals surface area contributed by atoms with Gasteiger partial charge in [-0.25, -0.2) is 4.98 Å². The smallest absolute Gasteiger partial charge is 0.213 e. The zero-order valence-corrected chi connectivity index (χ0v) is 11.0. The van der Waals surface area contributed by atoms with Gasteiger partial charge >= 0.3 is 0 Å². The first kappa shape index (κ1) is 12.4. The highest BCUT2D eigenvalue weighted by molar-refractivity contribution is 5.20. The molecule has 1 saturated heterocycles. The molecule has 2 rings (SSSR count). The summed E-state index contributed by atoms with van der Waals surface area (Å²) in [6.45, 7) is 6.59. The van der Waals surface area contributed by atoms with Crippen LogP contribution >= 0.6 is 0 Å². The predicted octanol–water partition coefficient (Wildman–Crippen LogP) is 2.68. The zero-order valence-electron chi connectivity index (χ0n) is 11.0. The Morgan fingerprint density at radius 2 is 2.00 bits per heavy atom. The lowest BCUT2D eigenvalue weighted by molar-refractivity contribution is 0.110. The Morgan fingerprint density at radius 3 is 2.53 bits per heavy atom. The van der Waals surface area contributed by atoms with Gasteiger partial charge < -0.3 is 9.64 Å². The van der Waals surface area contributed by atoms with Crippen molar-refractivity contribution in [1.29, 1.82) is 0 Å². The lowest BCUT2D eigenvalue weighted by Gasteiger charge is -2.28. The third-order valence-electron chi connectivity index (χ3n) is 3.38. The minimum Gasteiger partial charge on any atom is -0.474 e. The number of rotatable bonds is 3. The van der Waals surface area contributed by atoms with Crippen molar-refractivity contribution in [3.05, 3.63) is 23.9 Å². The van der Waals surface area contributed by atoms with Gasteiger partial charge in [-0.15, -0.1) is 0 Å². The van der Waals surface area contributed by atoms with E-state index in [1.807, 2.05) is 12.3 Å². The third kappa shape index (κ3) is 3.43. The summed E-state index contributed by atoms with van der Waals surface area (Å²) in [5.41, 5.74) is 1.26. The van der Waals surface area contributed by atoms with Crippen molar-refractivity contribution < 1.29 is 4.74 Å².